The Balaban J connectivity index is 2.80. The van der Waals surface area contributed by atoms with Crippen LogP contribution in [0.2, 0.25) is 0 Å². The van der Waals surface area contributed by atoms with Gasteiger partial charge in [-0.05, 0) is 19.9 Å². The molecule has 104 valence electrons. The van der Waals surface area contributed by atoms with Gasteiger partial charge in [-0.2, -0.15) is 0 Å². The van der Waals surface area contributed by atoms with Crippen LogP contribution in [0.25, 0.3) is 11.0 Å². The zero-order valence-corrected chi connectivity index (χ0v) is 10.9. The molecule has 20 heavy (non-hydrogen) atoms. The number of ether oxygens (including phenoxy) is 1. The Bertz CT molecular complexity index is 756. The Morgan fingerprint density at radius 3 is 2.55 bits per heavy atom. The molecule has 0 aliphatic rings. The fraction of sp³-hybridized carbons (Fsp3) is 0.214. The molecule has 0 unspecified atom stereocenters. The van der Waals surface area contributed by atoms with E-state index in [1.807, 2.05) is 0 Å². The first-order chi connectivity index (χ1) is 9.43. The van der Waals surface area contributed by atoms with Crippen molar-refractivity contribution in [3.05, 3.63) is 39.7 Å². The highest BCUT2D eigenvalue weighted by molar-refractivity contribution is 6.07. The molecule has 0 bridgehead atoms. The molecule has 1 aromatic carbocycles. The SMILES string of the molecule is CCOC(=O)c1cc(=O)oc2cc(O)c(C(C)=O)cc12. The molecule has 0 saturated heterocycles. The normalized spacial score (nSPS) is 10.5. The van der Waals surface area contributed by atoms with E-state index in [0.29, 0.717) is 0 Å². The molecule has 6 nitrogen and oxygen atoms in total. The predicted octanol–water partition coefficient (Wildman–Crippen LogP) is 1.88. The minimum atomic E-state index is -0.740. The lowest BCUT2D eigenvalue weighted by Crippen LogP contribution is -2.10. The number of phenolic OH excluding ortho intramolecular Hbond substituents is 1. The first-order valence-electron chi connectivity index (χ1n) is 5.93. The van der Waals surface area contributed by atoms with Gasteiger partial charge in [0.15, 0.2) is 5.78 Å². The number of aromatic hydroxyl groups is 1. The Hall–Kier alpha value is -2.63. The van der Waals surface area contributed by atoms with Crippen LogP contribution in [-0.4, -0.2) is 23.5 Å². The first kappa shape index (κ1) is 13.8. The lowest BCUT2D eigenvalue weighted by Gasteiger charge is -2.07. The van der Waals surface area contributed by atoms with E-state index in [1.54, 1.807) is 6.92 Å². The third-order valence-electron chi connectivity index (χ3n) is 2.74. The van der Waals surface area contributed by atoms with Gasteiger partial charge >= 0.3 is 11.6 Å². The summed E-state index contributed by atoms with van der Waals surface area (Å²) in [4.78, 5) is 34.7. The first-order valence-corrected chi connectivity index (χ1v) is 5.93. The number of ketones is 1. The van der Waals surface area contributed by atoms with Gasteiger partial charge in [0.05, 0.1) is 17.7 Å². The number of carbonyl (C=O) groups excluding carboxylic acids is 2. The van der Waals surface area contributed by atoms with Crippen molar-refractivity contribution < 1.29 is 23.8 Å². The fourth-order valence-corrected chi connectivity index (χ4v) is 1.86. The summed E-state index contributed by atoms with van der Waals surface area (Å²) in [6.07, 6.45) is 0. The molecule has 2 aromatic rings. The fourth-order valence-electron chi connectivity index (χ4n) is 1.86. The van der Waals surface area contributed by atoms with E-state index < -0.39 is 11.6 Å². The molecule has 1 heterocycles. The highest BCUT2D eigenvalue weighted by atomic mass is 16.5. The summed E-state index contributed by atoms with van der Waals surface area (Å²) in [6, 6.07) is 3.44. The van der Waals surface area contributed by atoms with Crippen LogP contribution in [0.15, 0.2) is 27.4 Å². The second-order valence-electron chi connectivity index (χ2n) is 4.12. The molecule has 0 spiro atoms. The molecule has 0 amide bonds. The number of rotatable bonds is 3. The number of benzene rings is 1. The summed E-state index contributed by atoms with van der Waals surface area (Å²) < 4.78 is 9.77. The van der Waals surface area contributed by atoms with E-state index in [2.05, 4.69) is 0 Å². The van der Waals surface area contributed by atoms with Gasteiger partial charge in [-0.25, -0.2) is 9.59 Å². The third kappa shape index (κ3) is 2.40. The summed E-state index contributed by atoms with van der Waals surface area (Å²) in [5, 5.41) is 9.95. The van der Waals surface area contributed by atoms with Crippen molar-refractivity contribution in [1.29, 1.82) is 0 Å². The summed E-state index contributed by atoms with van der Waals surface area (Å²) in [6.45, 7) is 3.07. The molecular weight excluding hydrogens is 264 g/mol. The second kappa shape index (κ2) is 5.16. The van der Waals surface area contributed by atoms with E-state index in [0.717, 1.165) is 12.1 Å². The van der Waals surface area contributed by atoms with Crippen molar-refractivity contribution in [3.63, 3.8) is 0 Å². The Labute approximate surface area is 113 Å². The molecule has 2 rings (SSSR count). The van der Waals surface area contributed by atoms with Gasteiger partial charge in [0.25, 0.3) is 0 Å². The molecule has 1 aromatic heterocycles. The van der Waals surface area contributed by atoms with Crippen molar-refractivity contribution in [3.8, 4) is 5.75 Å². The molecule has 0 fully saturated rings. The monoisotopic (exact) mass is 276 g/mol. The van der Waals surface area contributed by atoms with Crippen LogP contribution in [0, 0.1) is 0 Å². The average Bonchev–Trinajstić information content (AvgIpc) is 2.36. The predicted molar refractivity (Wildman–Crippen MR) is 70.1 cm³/mol. The van der Waals surface area contributed by atoms with Crippen molar-refractivity contribution in [2.24, 2.45) is 0 Å². The van der Waals surface area contributed by atoms with Gasteiger partial charge in [0, 0.05) is 17.5 Å². The van der Waals surface area contributed by atoms with E-state index in [9.17, 15) is 19.5 Å². The van der Waals surface area contributed by atoms with Gasteiger partial charge in [0.1, 0.15) is 11.3 Å². The lowest BCUT2D eigenvalue weighted by molar-refractivity contribution is 0.0527. The van der Waals surface area contributed by atoms with Gasteiger partial charge in [-0.3, -0.25) is 4.79 Å². The molecule has 0 aliphatic heterocycles. The number of fused-ring (bicyclic) bond motifs is 1. The van der Waals surface area contributed by atoms with Crippen molar-refractivity contribution in [1.82, 2.24) is 0 Å². The van der Waals surface area contributed by atoms with E-state index in [-0.39, 0.29) is 40.2 Å². The lowest BCUT2D eigenvalue weighted by atomic mass is 10.0. The van der Waals surface area contributed by atoms with Crippen molar-refractivity contribution in [2.45, 2.75) is 13.8 Å². The van der Waals surface area contributed by atoms with Crippen LogP contribution >= 0.6 is 0 Å². The number of Topliss-reactive ketones (excluding diaryl/α,β-unsaturated/α-hetero) is 1. The van der Waals surface area contributed by atoms with Crippen molar-refractivity contribution >= 4 is 22.7 Å². The Kier molecular flexibility index (Phi) is 3.56. The zero-order chi connectivity index (χ0) is 14.9. The quantitative estimate of drug-likeness (QED) is 0.522. The Morgan fingerprint density at radius 2 is 1.95 bits per heavy atom. The molecule has 0 aliphatic carbocycles. The number of hydrogen-bond acceptors (Lipinski definition) is 6. The van der Waals surface area contributed by atoms with Crippen LogP contribution in [0.4, 0.5) is 0 Å². The summed E-state index contributed by atoms with van der Waals surface area (Å²) >= 11 is 0. The molecule has 0 saturated carbocycles. The van der Waals surface area contributed by atoms with Gasteiger partial charge < -0.3 is 14.3 Å². The largest absolute Gasteiger partial charge is 0.507 e. The van der Waals surface area contributed by atoms with E-state index in [1.165, 1.54) is 13.0 Å². The standard InChI is InChI=1S/C14H12O6/c1-3-19-14(18)10-5-13(17)20-12-6-11(16)8(7(2)15)4-9(10)12/h4-6,16H,3H2,1-2H3. The summed E-state index contributed by atoms with van der Waals surface area (Å²) in [5.74, 6) is -1.37. The maximum absolute atomic E-state index is 11.8. The third-order valence-corrected chi connectivity index (χ3v) is 2.74. The summed E-state index contributed by atoms with van der Waals surface area (Å²) in [7, 11) is 0. The van der Waals surface area contributed by atoms with Crippen molar-refractivity contribution in [2.75, 3.05) is 6.61 Å². The maximum atomic E-state index is 11.8. The van der Waals surface area contributed by atoms with Gasteiger partial charge in [-0.15, -0.1) is 0 Å². The van der Waals surface area contributed by atoms with Gasteiger partial charge in [0.2, 0.25) is 0 Å². The molecule has 0 atom stereocenters. The second-order valence-corrected chi connectivity index (χ2v) is 4.12. The minimum Gasteiger partial charge on any atom is -0.507 e. The van der Waals surface area contributed by atoms with Crippen LogP contribution in [-0.2, 0) is 4.74 Å². The van der Waals surface area contributed by atoms with Crippen LogP contribution in [0.5, 0.6) is 5.75 Å². The molecular formula is C14H12O6. The van der Waals surface area contributed by atoms with Crippen LogP contribution < -0.4 is 5.63 Å². The number of phenols is 1. The summed E-state index contributed by atoms with van der Waals surface area (Å²) in [5.41, 5.74) is -0.684. The number of carbonyl (C=O) groups is 2. The average molecular weight is 276 g/mol. The molecule has 6 heteroatoms. The smallest absolute Gasteiger partial charge is 0.339 e. The van der Waals surface area contributed by atoms with Gasteiger partial charge in [-0.1, -0.05) is 0 Å². The van der Waals surface area contributed by atoms with Crippen LogP contribution in [0.3, 0.4) is 0 Å². The highest BCUT2D eigenvalue weighted by Crippen LogP contribution is 2.27. The molecule has 1 N–H and O–H groups in total. The number of esters is 1. The topological polar surface area (TPSA) is 93.8 Å². The zero-order valence-electron chi connectivity index (χ0n) is 10.9. The Morgan fingerprint density at radius 1 is 1.25 bits per heavy atom. The van der Waals surface area contributed by atoms with Crippen LogP contribution in [0.1, 0.15) is 34.6 Å². The van der Waals surface area contributed by atoms with E-state index >= 15 is 0 Å². The number of hydrogen-bond donors (Lipinski definition) is 1. The minimum absolute atomic E-state index is 0.000556. The highest BCUT2D eigenvalue weighted by Gasteiger charge is 2.17. The maximum Gasteiger partial charge on any atom is 0.339 e. The van der Waals surface area contributed by atoms with E-state index in [4.69, 9.17) is 9.15 Å². The molecule has 0 radical (unpaired) electrons.